The van der Waals surface area contributed by atoms with E-state index in [4.69, 9.17) is 4.98 Å². The molecule has 3 heterocycles. The highest BCUT2D eigenvalue weighted by atomic mass is 79.9. The number of imidazole rings is 1. The first-order chi connectivity index (χ1) is 8.22. The number of rotatable bonds is 1. The molecule has 0 aromatic carbocycles. The Morgan fingerprint density at radius 3 is 3.18 bits per heavy atom. The first-order valence-corrected chi connectivity index (χ1v) is 6.84. The number of nitrogens with zero attached hydrogens (tertiary/aromatic N) is 3. The molecular formula is C13H16BrN3. The fourth-order valence-electron chi connectivity index (χ4n) is 2.58. The highest BCUT2D eigenvalue weighted by Gasteiger charge is 2.21. The molecule has 1 fully saturated rings. The zero-order valence-electron chi connectivity index (χ0n) is 9.93. The average molecular weight is 294 g/mol. The van der Waals surface area contributed by atoms with Crippen molar-refractivity contribution in [3.05, 3.63) is 34.7 Å². The van der Waals surface area contributed by atoms with Crippen LogP contribution in [0.5, 0.6) is 0 Å². The Morgan fingerprint density at radius 1 is 1.47 bits per heavy atom. The maximum Gasteiger partial charge on any atom is 0.138 e. The Morgan fingerprint density at radius 2 is 2.35 bits per heavy atom. The molecule has 1 atom stereocenters. The standard InChI is InChI=1S/C13H16BrN3/c1-16-5-2-3-10(8-16)12-9-17-6-4-11(14)7-13(17)15-12/h4,6-7,9-10H,2-3,5,8H2,1H3. The average Bonchev–Trinajstić information content (AvgIpc) is 2.72. The van der Waals surface area contributed by atoms with Crippen molar-refractivity contribution in [3.8, 4) is 0 Å². The highest BCUT2D eigenvalue weighted by molar-refractivity contribution is 9.10. The van der Waals surface area contributed by atoms with Crippen molar-refractivity contribution in [2.45, 2.75) is 18.8 Å². The van der Waals surface area contributed by atoms with E-state index in [9.17, 15) is 0 Å². The Balaban J connectivity index is 1.94. The summed E-state index contributed by atoms with van der Waals surface area (Å²) in [6.07, 6.45) is 6.77. The molecular weight excluding hydrogens is 278 g/mol. The third-order valence-corrected chi connectivity index (χ3v) is 3.98. The summed E-state index contributed by atoms with van der Waals surface area (Å²) >= 11 is 3.49. The van der Waals surface area contributed by atoms with Gasteiger partial charge in [-0.1, -0.05) is 15.9 Å². The van der Waals surface area contributed by atoms with Crippen molar-refractivity contribution < 1.29 is 0 Å². The number of hydrogen-bond donors (Lipinski definition) is 0. The molecule has 1 saturated heterocycles. The molecule has 0 bridgehead atoms. The van der Waals surface area contributed by atoms with E-state index in [2.05, 4.69) is 50.7 Å². The summed E-state index contributed by atoms with van der Waals surface area (Å²) in [5, 5.41) is 0. The van der Waals surface area contributed by atoms with Crippen LogP contribution in [0.4, 0.5) is 0 Å². The van der Waals surface area contributed by atoms with E-state index in [0.717, 1.165) is 16.7 Å². The molecule has 0 spiro atoms. The van der Waals surface area contributed by atoms with Crippen LogP contribution in [0.25, 0.3) is 5.65 Å². The van der Waals surface area contributed by atoms with Crippen molar-refractivity contribution in [1.82, 2.24) is 14.3 Å². The van der Waals surface area contributed by atoms with Gasteiger partial charge in [0.2, 0.25) is 0 Å². The molecule has 0 amide bonds. The molecule has 1 aliphatic heterocycles. The second kappa shape index (κ2) is 4.42. The van der Waals surface area contributed by atoms with Crippen molar-refractivity contribution in [2.24, 2.45) is 0 Å². The van der Waals surface area contributed by atoms with Gasteiger partial charge < -0.3 is 9.30 Å². The van der Waals surface area contributed by atoms with Crippen LogP contribution in [0.1, 0.15) is 24.5 Å². The van der Waals surface area contributed by atoms with Gasteiger partial charge in [-0.15, -0.1) is 0 Å². The van der Waals surface area contributed by atoms with E-state index in [1.165, 1.54) is 25.1 Å². The van der Waals surface area contributed by atoms with Crippen LogP contribution in [-0.4, -0.2) is 34.4 Å². The Hall–Kier alpha value is -0.870. The van der Waals surface area contributed by atoms with Gasteiger partial charge in [0.25, 0.3) is 0 Å². The highest BCUT2D eigenvalue weighted by Crippen LogP contribution is 2.26. The molecule has 3 rings (SSSR count). The van der Waals surface area contributed by atoms with Crippen LogP contribution in [0.3, 0.4) is 0 Å². The van der Waals surface area contributed by atoms with Gasteiger partial charge in [-0.3, -0.25) is 0 Å². The number of halogens is 1. The van der Waals surface area contributed by atoms with E-state index in [0.29, 0.717) is 5.92 Å². The molecule has 4 heteroatoms. The van der Waals surface area contributed by atoms with Gasteiger partial charge in [0.1, 0.15) is 5.65 Å². The van der Waals surface area contributed by atoms with Crippen LogP contribution in [-0.2, 0) is 0 Å². The lowest BCUT2D eigenvalue weighted by molar-refractivity contribution is 0.249. The van der Waals surface area contributed by atoms with Crippen molar-refractivity contribution in [2.75, 3.05) is 20.1 Å². The number of hydrogen-bond acceptors (Lipinski definition) is 2. The first-order valence-electron chi connectivity index (χ1n) is 6.05. The minimum Gasteiger partial charge on any atom is -0.307 e. The van der Waals surface area contributed by atoms with Crippen LogP contribution in [0, 0.1) is 0 Å². The number of piperidine rings is 1. The second-order valence-corrected chi connectivity index (χ2v) is 5.79. The molecule has 0 saturated carbocycles. The first kappa shape index (κ1) is 11.2. The zero-order chi connectivity index (χ0) is 11.8. The Bertz CT molecular complexity index is 534. The van der Waals surface area contributed by atoms with Gasteiger partial charge in [0, 0.05) is 29.3 Å². The largest absolute Gasteiger partial charge is 0.307 e. The predicted octanol–water partition coefficient (Wildman–Crippen LogP) is 2.91. The normalized spacial score (nSPS) is 22.1. The Kier molecular flexibility index (Phi) is 2.92. The minimum atomic E-state index is 0.590. The lowest BCUT2D eigenvalue weighted by Gasteiger charge is -2.28. The van der Waals surface area contributed by atoms with Gasteiger partial charge >= 0.3 is 0 Å². The number of aromatic nitrogens is 2. The lowest BCUT2D eigenvalue weighted by atomic mass is 9.96. The topological polar surface area (TPSA) is 20.5 Å². The monoisotopic (exact) mass is 293 g/mol. The molecule has 0 N–H and O–H groups in total. The smallest absolute Gasteiger partial charge is 0.138 e. The molecule has 1 aliphatic rings. The fraction of sp³-hybridized carbons (Fsp3) is 0.462. The second-order valence-electron chi connectivity index (χ2n) is 4.88. The number of pyridine rings is 1. The van der Waals surface area contributed by atoms with E-state index >= 15 is 0 Å². The maximum absolute atomic E-state index is 4.74. The maximum atomic E-state index is 4.74. The summed E-state index contributed by atoms with van der Waals surface area (Å²) in [7, 11) is 2.19. The van der Waals surface area contributed by atoms with Crippen LogP contribution >= 0.6 is 15.9 Å². The molecule has 17 heavy (non-hydrogen) atoms. The number of fused-ring (bicyclic) bond motifs is 1. The van der Waals surface area contributed by atoms with Crippen molar-refractivity contribution >= 4 is 21.6 Å². The summed E-state index contributed by atoms with van der Waals surface area (Å²) in [4.78, 5) is 7.13. The summed E-state index contributed by atoms with van der Waals surface area (Å²) in [6, 6.07) is 4.11. The molecule has 90 valence electrons. The van der Waals surface area contributed by atoms with Crippen LogP contribution < -0.4 is 0 Å². The molecule has 0 radical (unpaired) electrons. The van der Waals surface area contributed by atoms with Crippen molar-refractivity contribution in [1.29, 1.82) is 0 Å². The van der Waals surface area contributed by atoms with Gasteiger partial charge in [0.05, 0.1) is 5.69 Å². The van der Waals surface area contributed by atoms with E-state index in [-0.39, 0.29) is 0 Å². The van der Waals surface area contributed by atoms with E-state index in [1.807, 2.05) is 6.07 Å². The van der Waals surface area contributed by atoms with Crippen LogP contribution in [0.15, 0.2) is 29.0 Å². The predicted molar refractivity (Wildman–Crippen MR) is 72.4 cm³/mol. The van der Waals surface area contributed by atoms with Gasteiger partial charge in [-0.05, 0) is 38.6 Å². The van der Waals surface area contributed by atoms with Gasteiger partial charge in [-0.2, -0.15) is 0 Å². The molecule has 2 aromatic rings. The fourth-order valence-corrected chi connectivity index (χ4v) is 2.90. The number of likely N-dealkylation sites (N-methyl/N-ethyl adjacent to an activating group) is 1. The zero-order valence-corrected chi connectivity index (χ0v) is 11.5. The minimum absolute atomic E-state index is 0.590. The van der Waals surface area contributed by atoms with Crippen LogP contribution in [0.2, 0.25) is 0 Å². The SMILES string of the molecule is CN1CCCC(c2cn3ccc(Br)cc3n2)C1. The Labute approximate surface area is 110 Å². The van der Waals surface area contributed by atoms with Crippen molar-refractivity contribution in [3.63, 3.8) is 0 Å². The van der Waals surface area contributed by atoms with Gasteiger partial charge in [-0.25, -0.2) is 4.98 Å². The molecule has 3 nitrogen and oxygen atoms in total. The number of likely N-dealkylation sites (tertiary alicyclic amines) is 1. The molecule has 0 aliphatic carbocycles. The molecule has 1 unspecified atom stereocenters. The van der Waals surface area contributed by atoms with E-state index in [1.54, 1.807) is 0 Å². The summed E-state index contributed by atoms with van der Waals surface area (Å²) in [5.41, 5.74) is 2.26. The summed E-state index contributed by atoms with van der Waals surface area (Å²) < 4.78 is 3.19. The van der Waals surface area contributed by atoms with E-state index < -0.39 is 0 Å². The lowest BCUT2D eigenvalue weighted by Crippen LogP contribution is -2.30. The third-order valence-electron chi connectivity index (χ3n) is 3.48. The summed E-state index contributed by atoms with van der Waals surface area (Å²) in [6.45, 7) is 2.35. The summed E-state index contributed by atoms with van der Waals surface area (Å²) in [5.74, 6) is 0.590. The van der Waals surface area contributed by atoms with Gasteiger partial charge in [0.15, 0.2) is 0 Å². The molecule has 2 aromatic heterocycles. The quantitative estimate of drug-likeness (QED) is 0.806. The third kappa shape index (κ3) is 2.24.